The molecule has 2 aromatic heterocycles. The minimum atomic E-state index is -4.50. The number of hydrogen-bond donors (Lipinski definition) is 1. The van der Waals surface area contributed by atoms with Crippen molar-refractivity contribution in [3.8, 4) is 0 Å². The second kappa shape index (κ2) is 3.22. The highest BCUT2D eigenvalue weighted by atomic mass is 19.4. The summed E-state index contributed by atoms with van der Waals surface area (Å²) in [4.78, 5) is 14.4. The van der Waals surface area contributed by atoms with Gasteiger partial charge in [-0.25, -0.2) is 0 Å². The van der Waals surface area contributed by atoms with Crippen LogP contribution >= 0.6 is 0 Å². The molecule has 16 heavy (non-hydrogen) atoms. The van der Waals surface area contributed by atoms with E-state index in [2.05, 4.69) is 4.98 Å². The molecule has 0 unspecified atom stereocenters. The molecule has 0 spiro atoms. The van der Waals surface area contributed by atoms with Crippen molar-refractivity contribution in [3.63, 3.8) is 0 Å². The van der Waals surface area contributed by atoms with Crippen molar-refractivity contribution in [2.24, 2.45) is 5.73 Å². The summed E-state index contributed by atoms with van der Waals surface area (Å²) in [5, 5.41) is 0. The lowest BCUT2D eigenvalue weighted by Crippen LogP contribution is -2.10. The van der Waals surface area contributed by atoms with Gasteiger partial charge in [-0.15, -0.1) is 0 Å². The normalized spacial score (nSPS) is 11.9. The predicted octanol–water partition coefficient (Wildman–Crippen LogP) is 1.95. The van der Waals surface area contributed by atoms with Crippen molar-refractivity contribution in [1.29, 1.82) is 0 Å². The predicted molar refractivity (Wildman–Crippen MR) is 47.5 cm³/mol. The number of rotatable bonds is 1. The van der Waals surface area contributed by atoms with Crippen LogP contribution in [0.2, 0.25) is 0 Å². The molecule has 0 radical (unpaired) electrons. The molecule has 0 aromatic carbocycles. The highest BCUT2D eigenvalue weighted by molar-refractivity contribution is 6.03. The van der Waals surface area contributed by atoms with Crippen LogP contribution in [0, 0.1) is 0 Å². The maximum absolute atomic E-state index is 12.3. The first-order valence-electron chi connectivity index (χ1n) is 4.14. The fourth-order valence-electron chi connectivity index (χ4n) is 1.24. The number of halogens is 3. The van der Waals surface area contributed by atoms with Crippen LogP contribution in [0.1, 0.15) is 15.9 Å². The van der Waals surface area contributed by atoms with Gasteiger partial charge in [-0.2, -0.15) is 13.2 Å². The molecule has 84 valence electrons. The van der Waals surface area contributed by atoms with Crippen molar-refractivity contribution in [2.45, 2.75) is 6.18 Å². The Morgan fingerprint density at radius 1 is 1.44 bits per heavy atom. The third-order valence-electron chi connectivity index (χ3n) is 2.00. The monoisotopic (exact) mass is 230 g/mol. The van der Waals surface area contributed by atoms with E-state index < -0.39 is 17.6 Å². The van der Waals surface area contributed by atoms with Gasteiger partial charge in [-0.3, -0.25) is 9.78 Å². The van der Waals surface area contributed by atoms with Crippen molar-refractivity contribution < 1.29 is 22.4 Å². The molecule has 2 heterocycles. The molecule has 0 bridgehead atoms. The Bertz CT molecular complexity index is 559. The van der Waals surface area contributed by atoms with Crippen molar-refractivity contribution in [1.82, 2.24) is 4.98 Å². The SMILES string of the molecule is NC(=O)c1coc2cc(C(F)(F)F)cnc12. The molecule has 2 N–H and O–H groups in total. The molecule has 0 atom stereocenters. The van der Waals surface area contributed by atoms with E-state index in [0.717, 1.165) is 12.3 Å². The highest BCUT2D eigenvalue weighted by Gasteiger charge is 2.31. The van der Waals surface area contributed by atoms with E-state index in [1.54, 1.807) is 0 Å². The number of nitrogens with two attached hydrogens (primary N) is 1. The molecule has 0 aliphatic rings. The second-order valence-electron chi connectivity index (χ2n) is 3.08. The number of amides is 1. The summed E-state index contributed by atoms with van der Waals surface area (Å²) in [5.74, 6) is -0.800. The number of primary amides is 1. The van der Waals surface area contributed by atoms with Gasteiger partial charge in [0.25, 0.3) is 5.91 Å². The topological polar surface area (TPSA) is 69.1 Å². The van der Waals surface area contributed by atoms with E-state index in [0.29, 0.717) is 6.20 Å². The number of alkyl halides is 3. The van der Waals surface area contributed by atoms with Gasteiger partial charge < -0.3 is 10.2 Å². The summed E-state index contributed by atoms with van der Waals surface area (Å²) in [7, 11) is 0. The minimum absolute atomic E-state index is 0.0282. The first kappa shape index (κ1) is 10.5. The third kappa shape index (κ3) is 1.60. The van der Waals surface area contributed by atoms with Crippen molar-refractivity contribution in [3.05, 3.63) is 29.7 Å². The van der Waals surface area contributed by atoms with Gasteiger partial charge in [-0.05, 0) is 6.07 Å². The van der Waals surface area contributed by atoms with Crippen LogP contribution in [-0.2, 0) is 6.18 Å². The Kier molecular flexibility index (Phi) is 2.11. The maximum Gasteiger partial charge on any atom is 0.418 e. The van der Waals surface area contributed by atoms with Crippen LogP contribution in [0.25, 0.3) is 11.1 Å². The van der Waals surface area contributed by atoms with Gasteiger partial charge in [0.1, 0.15) is 17.3 Å². The Hall–Kier alpha value is -2.05. The van der Waals surface area contributed by atoms with Gasteiger partial charge in [-0.1, -0.05) is 0 Å². The summed E-state index contributed by atoms with van der Waals surface area (Å²) < 4.78 is 41.7. The fraction of sp³-hybridized carbons (Fsp3) is 0.111. The lowest BCUT2D eigenvalue weighted by molar-refractivity contribution is -0.137. The Morgan fingerprint density at radius 3 is 2.69 bits per heavy atom. The molecular formula is C9H5F3N2O2. The third-order valence-corrected chi connectivity index (χ3v) is 2.00. The first-order chi connectivity index (χ1) is 7.39. The van der Waals surface area contributed by atoms with E-state index in [4.69, 9.17) is 10.2 Å². The van der Waals surface area contributed by atoms with Crippen LogP contribution < -0.4 is 5.73 Å². The average Bonchev–Trinajstić information content (AvgIpc) is 2.58. The summed E-state index contributed by atoms with van der Waals surface area (Å²) in [6, 6.07) is 0.773. The standard InChI is InChI=1S/C9H5F3N2O2/c10-9(11,12)4-1-6-7(14-2-4)5(3-16-6)8(13)15/h1-3H,(H2,13,15). The number of carbonyl (C=O) groups is 1. The number of hydrogen-bond acceptors (Lipinski definition) is 3. The minimum Gasteiger partial charge on any atom is -0.462 e. The van der Waals surface area contributed by atoms with E-state index >= 15 is 0 Å². The molecule has 4 nitrogen and oxygen atoms in total. The van der Waals surface area contributed by atoms with E-state index in [9.17, 15) is 18.0 Å². The Balaban J connectivity index is 2.62. The van der Waals surface area contributed by atoms with Crippen LogP contribution in [0.15, 0.2) is 22.9 Å². The summed E-state index contributed by atoms with van der Waals surface area (Å²) in [6.07, 6.45) is -2.88. The van der Waals surface area contributed by atoms with Crippen LogP contribution in [-0.4, -0.2) is 10.9 Å². The van der Waals surface area contributed by atoms with Gasteiger partial charge in [0.15, 0.2) is 5.58 Å². The molecule has 0 saturated carbocycles. The number of furan rings is 1. The summed E-state index contributed by atoms with van der Waals surface area (Å²) >= 11 is 0. The molecule has 0 saturated heterocycles. The van der Waals surface area contributed by atoms with Crippen LogP contribution in [0.4, 0.5) is 13.2 Å². The number of aromatic nitrogens is 1. The summed E-state index contributed by atoms with van der Waals surface area (Å²) in [5.41, 5.74) is 3.92. The maximum atomic E-state index is 12.3. The van der Waals surface area contributed by atoms with Crippen molar-refractivity contribution in [2.75, 3.05) is 0 Å². The Labute approximate surface area is 86.9 Å². The number of carbonyl (C=O) groups excluding carboxylic acids is 1. The average molecular weight is 230 g/mol. The van der Waals surface area contributed by atoms with E-state index in [1.165, 1.54) is 0 Å². The molecule has 2 aromatic rings. The highest BCUT2D eigenvalue weighted by Crippen LogP contribution is 2.31. The largest absolute Gasteiger partial charge is 0.462 e. The van der Waals surface area contributed by atoms with E-state index in [1.807, 2.05) is 0 Å². The van der Waals surface area contributed by atoms with Gasteiger partial charge >= 0.3 is 6.18 Å². The summed E-state index contributed by atoms with van der Waals surface area (Å²) in [6.45, 7) is 0. The molecule has 1 amide bonds. The lowest BCUT2D eigenvalue weighted by atomic mass is 10.2. The van der Waals surface area contributed by atoms with Gasteiger partial charge in [0, 0.05) is 6.20 Å². The second-order valence-corrected chi connectivity index (χ2v) is 3.08. The smallest absolute Gasteiger partial charge is 0.418 e. The van der Waals surface area contributed by atoms with Gasteiger partial charge in [0.05, 0.1) is 5.56 Å². The molecule has 0 aliphatic heterocycles. The van der Waals surface area contributed by atoms with Gasteiger partial charge in [0.2, 0.25) is 0 Å². The number of nitrogens with zero attached hydrogens (tertiary/aromatic N) is 1. The fourth-order valence-corrected chi connectivity index (χ4v) is 1.24. The van der Waals surface area contributed by atoms with Crippen LogP contribution in [0.3, 0.4) is 0 Å². The van der Waals surface area contributed by atoms with Crippen molar-refractivity contribution >= 4 is 17.0 Å². The molecule has 7 heteroatoms. The molecule has 0 fully saturated rings. The lowest BCUT2D eigenvalue weighted by Gasteiger charge is -2.04. The zero-order valence-electron chi connectivity index (χ0n) is 7.71. The molecule has 2 rings (SSSR count). The number of pyridine rings is 1. The quantitative estimate of drug-likeness (QED) is 0.813. The van der Waals surface area contributed by atoms with Crippen LogP contribution in [0.5, 0.6) is 0 Å². The zero-order valence-corrected chi connectivity index (χ0v) is 7.71. The molecule has 0 aliphatic carbocycles. The first-order valence-corrected chi connectivity index (χ1v) is 4.14. The Morgan fingerprint density at radius 2 is 2.12 bits per heavy atom. The number of fused-ring (bicyclic) bond motifs is 1. The molecular weight excluding hydrogens is 225 g/mol. The van der Waals surface area contributed by atoms with E-state index in [-0.39, 0.29) is 16.7 Å². The zero-order chi connectivity index (χ0) is 11.9.